The number of amides is 1. The maximum atomic E-state index is 13.0. The van der Waals surface area contributed by atoms with E-state index >= 15 is 0 Å². The first kappa shape index (κ1) is 25.6. The van der Waals surface area contributed by atoms with Gasteiger partial charge in [0.15, 0.2) is 0 Å². The molecular weight excluding hydrogens is 448 g/mol. The van der Waals surface area contributed by atoms with Gasteiger partial charge in [-0.2, -0.15) is 0 Å². The average molecular weight is 487 g/mol. The second-order valence-corrected chi connectivity index (χ2v) is 11.3. The van der Waals surface area contributed by atoms with Gasteiger partial charge in [0, 0.05) is 52.5 Å². The minimum Gasteiger partial charge on any atom is -0.355 e. The van der Waals surface area contributed by atoms with Gasteiger partial charge in [-0.05, 0) is 76.1 Å². The van der Waals surface area contributed by atoms with E-state index in [1.807, 2.05) is 32.0 Å². The number of pyridine rings is 2. The van der Waals surface area contributed by atoms with Crippen LogP contribution >= 0.6 is 0 Å². The van der Waals surface area contributed by atoms with Crippen LogP contribution in [0.4, 0.5) is 22.9 Å². The highest BCUT2D eigenvalue weighted by molar-refractivity contribution is 6.00. The van der Waals surface area contributed by atoms with E-state index in [1.165, 1.54) is 11.1 Å². The van der Waals surface area contributed by atoms with Crippen molar-refractivity contribution in [3.63, 3.8) is 0 Å². The van der Waals surface area contributed by atoms with E-state index in [0.717, 1.165) is 30.0 Å². The monoisotopic (exact) mass is 486 g/mol. The Bertz CT molecular complexity index is 1260. The van der Waals surface area contributed by atoms with E-state index in [9.17, 15) is 4.79 Å². The smallest absolute Gasteiger partial charge is 0.255 e. The lowest BCUT2D eigenvalue weighted by atomic mass is 9.85. The molecular formula is C29H38N6O. The number of fused-ring (bicyclic) bond motifs is 1. The number of carbonyl (C=O) groups excluding carboxylic acids is 1. The normalized spacial score (nSPS) is 14.8. The summed E-state index contributed by atoms with van der Waals surface area (Å²) < 4.78 is 0. The summed E-state index contributed by atoms with van der Waals surface area (Å²) in [6.07, 6.45) is 4.40. The maximum absolute atomic E-state index is 13.0. The van der Waals surface area contributed by atoms with Crippen LogP contribution < -0.4 is 21.3 Å². The van der Waals surface area contributed by atoms with Gasteiger partial charge in [0.2, 0.25) is 0 Å². The zero-order chi connectivity index (χ0) is 26.1. The Morgan fingerprint density at radius 2 is 1.78 bits per heavy atom. The minimum absolute atomic E-state index is 0.0193. The Labute approximate surface area is 214 Å². The highest BCUT2D eigenvalue weighted by Gasteiger charge is 2.26. The zero-order valence-corrected chi connectivity index (χ0v) is 22.4. The average Bonchev–Trinajstić information content (AvgIpc) is 2.78. The molecule has 7 nitrogen and oxygen atoms in total. The predicted molar refractivity (Wildman–Crippen MR) is 148 cm³/mol. The van der Waals surface area contributed by atoms with Crippen molar-refractivity contribution < 1.29 is 4.79 Å². The number of carbonyl (C=O) groups is 1. The number of hydrogen-bond donors (Lipinski definition) is 4. The molecule has 1 amide bonds. The van der Waals surface area contributed by atoms with Gasteiger partial charge in [-0.3, -0.25) is 9.78 Å². The molecule has 4 N–H and O–H groups in total. The first-order valence-corrected chi connectivity index (χ1v) is 12.6. The van der Waals surface area contributed by atoms with Crippen LogP contribution in [-0.2, 0) is 17.4 Å². The predicted octanol–water partition coefficient (Wildman–Crippen LogP) is 5.78. The van der Waals surface area contributed by atoms with Crippen molar-refractivity contribution in [1.29, 1.82) is 0 Å². The van der Waals surface area contributed by atoms with Gasteiger partial charge < -0.3 is 21.3 Å². The lowest BCUT2D eigenvalue weighted by molar-refractivity contribution is 0.0943. The lowest BCUT2D eigenvalue weighted by Gasteiger charge is -2.34. The van der Waals surface area contributed by atoms with Gasteiger partial charge in [0.1, 0.15) is 5.82 Å². The molecule has 3 aromatic rings. The van der Waals surface area contributed by atoms with Crippen molar-refractivity contribution in [2.75, 3.05) is 17.2 Å². The molecule has 190 valence electrons. The second kappa shape index (κ2) is 9.90. The number of nitrogens with zero attached hydrogens (tertiary/aromatic N) is 2. The summed E-state index contributed by atoms with van der Waals surface area (Å²) in [6, 6.07) is 12.3. The third kappa shape index (κ3) is 5.85. The number of hydrogen-bond acceptors (Lipinski definition) is 6. The summed E-state index contributed by atoms with van der Waals surface area (Å²) in [7, 11) is 0. The van der Waals surface area contributed by atoms with Crippen LogP contribution in [0.25, 0.3) is 0 Å². The highest BCUT2D eigenvalue weighted by atomic mass is 16.1. The summed E-state index contributed by atoms with van der Waals surface area (Å²) in [5, 5.41) is 13.4. The molecule has 2 aromatic heterocycles. The fourth-order valence-corrected chi connectivity index (χ4v) is 4.46. The van der Waals surface area contributed by atoms with Crippen LogP contribution in [0.2, 0.25) is 0 Å². The number of rotatable bonds is 6. The Morgan fingerprint density at radius 1 is 1.03 bits per heavy atom. The summed E-state index contributed by atoms with van der Waals surface area (Å²) in [6.45, 7) is 15.7. The fourth-order valence-electron chi connectivity index (χ4n) is 4.46. The highest BCUT2D eigenvalue weighted by Crippen LogP contribution is 2.32. The molecule has 0 atom stereocenters. The fraction of sp³-hybridized carbons (Fsp3) is 0.414. The van der Waals surface area contributed by atoms with Crippen molar-refractivity contribution in [3.8, 4) is 0 Å². The molecule has 36 heavy (non-hydrogen) atoms. The van der Waals surface area contributed by atoms with Gasteiger partial charge in [0.25, 0.3) is 5.91 Å². The third-order valence-corrected chi connectivity index (χ3v) is 6.39. The van der Waals surface area contributed by atoms with E-state index in [0.29, 0.717) is 17.1 Å². The lowest BCUT2D eigenvalue weighted by Crippen LogP contribution is -2.42. The van der Waals surface area contributed by atoms with Gasteiger partial charge >= 0.3 is 0 Å². The zero-order valence-electron chi connectivity index (χ0n) is 22.4. The van der Waals surface area contributed by atoms with E-state index < -0.39 is 0 Å². The first-order chi connectivity index (χ1) is 16.9. The molecule has 1 aliphatic rings. The number of anilines is 4. The Kier molecular flexibility index (Phi) is 7.05. The summed E-state index contributed by atoms with van der Waals surface area (Å²) in [4.78, 5) is 22.0. The molecule has 0 saturated carbocycles. The molecule has 4 rings (SSSR count). The molecule has 0 aliphatic carbocycles. The summed E-state index contributed by atoms with van der Waals surface area (Å²) in [5.41, 5.74) is 6.52. The SMILES string of the molecule is CC(C)NC(=O)c1cnc(Nc2ccc3c(c2)CCNC3(C)C)cc1Nc1ccnc(C(C)(C)C)c1. The van der Waals surface area contributed by atoms with Gasteiger partial charge in [0.05, 0.1) is 11.3 Å². The largest absolute Gasteiger partial charge is 0.355 e. The van der Waals surface area contributed by atoms with Crippen LogP contribution in [0.5, 0.6) is 0 Å². The molecule has 1 aromatic carbocycles. The van der Waals surface area contributed by atoms with Crippen molar-refractivity contribution >= 4 is 28.8 Å². The minimum atomic E-state index is -0.167. The van der Waals surface area contributed by atoms with Crippen LogP contribution in [0.15, 0.2) is 48.8 Å². The molecule has 0 fully saturated rings. The molecule has 0 bridgehead atoms. The Hall–Kier alpha value is -3.45. The van der Waals surface area contributed by atoms with E-state index in [2.05, 4.69) is 84.1 Å². The van der Waals surface area contributed by atoms with Gasteiger partial charge in [-0.1, -0.05) is 26.8 Å². The van der Waals surface area contributed by atoms with Crippen LogP contribution in [0, 0.1) is 0 Å². The molecule has 3 heterocycles. The molecule has 0 radical (unpaired) electrons. The van der Waals surface area contributed by atoms with Crippen molar-refractivity contribution in [2.24, 2.45) is 0 Å². The number of aromatic nitrogens is 2. The van der Waals surface area contributed by atoms with Crippen LogP contribution in [0.3, 0.4) is 0 Å². The van der Waals surface area contributed by atoms with Crippen molar-refractivity contribution in [1.82, 2.24) is 20.6 Å². The quantitative estimate of drug-likeness (QED) is 0.353. The molecule has 0 spiro atoms. The number of benzene rings is 1. The number of nitrogens with one attached hydrogen (secondary N) is 4. The van der Waals surface area contributed by atoms with Crippen molar-refractivity contribution in [3.05, 3.63) is 71.2 Å². The Morgan fingerprint density at radius 3 is 2.50 bits per heavy atom. The van der Waals surface area contributed by atoms with Crippen LogP contribution in [-0.4, -0.2) is 28.5 Å². The van der Waals surface area contributed by atoms with Crippen LogP contribution in [0.1, 0.15) is 75.6 Å². The Balaban J connectivity index is 1.66. The topological polar surface area (TPSA) is 91.0 Å². The van der Waals surface area contributed by atoms with Gasteiger partial charge in [-0.15, -0.1) is 0 Å². The molecule has 0 saturated heterocycles. The molecule has 7 heteroatoms. The third-order valence-electron chi connectivity index (χ3n) is 6.39. The van der Waals surface area contributed by atoms with Crippen molar-refractivity contribution in [2.45, 2.75) is 71.9 Å². The van der Waals surface area contributed by atoms with Gasteiger partial charge in [-0.25, -0.2) is 4.98 Å². The maximum Gasteiger partial charge on any atom is 0.255 e. The summed E-state index contributed by atoms with van der Waals surface area (Å²) >= 11 is 0. The second-order valence-electron chi connectivity index (χ2n) is 11.3. The summed E-state index contributed by atoms with van der Waals surface area (Å²) in [5.74, 6) is 0.497. The van der Waals surface area contributed by atoms with E-state index in [-0.39, 0.29) is 22.9 Å². The standard InChI is InChI=1S/C29H38N6O/c1-18(2)33-27(36)22-17-31-26(16-24(22)34-21-11-12-30-25(15-21)28(3,4)5)35-20-8-9-23-19(14-20)10-13-32-29(23,6)7/h8-9,11-12,14-18,32H,10,13H2,1-7H3,(H,33,36)(H2,30,31,34,35). The van der Waals surface area contributed by atoms with E-state index in [4.69, 9.17) is 0 Å². The van der Waals surface area contributed by atoms with E-state index in [1.54, 1.807) is 12.4 Å². The molecule has 0 unspecified atom stereocenters. The first-order valence-electron chi connectivity index (χ1n) is 12.6. The molecule has 1 aliphatic heterocycles.